The number of nitrogens with two attached hydrogens (primary N) is 1. The summed E-state index contributed by atoms with van der Waals surface area (Å²) in [5, 5.41) is 2.47. The summed E-state index contributed by atoms with van der Waals surface area (Å²) in [6, 6.07) is 3.58. The van der Waals surface area contributed by atoms with Gasteiger partial charge in [-0.1, -0.05) is 17.5 Å². The van der Waals surface area contributed by atoms with Crippen molar-refractivity contribution in [2.75, 3.05) is 24.5 Å². The van der Waals surface area contributed by atoms with Crippen molar-refractivity contribution in [2.45, 2.75) is 32.0 Å². The molecule has 1 aromatic heterocycles. The van der Waals surface area contributed by atoms with E-state index in [0.29, 0.717) is 43.9 Å². The van der Waals surface area contributed by atoms with Crippen molar-refractivity contribution in [1.29, 1.82) is 0 Å². The standard InChI is InChI=1S/C23H23ClF3N5O/c1-2-22(6-7-22)21(33)30-12-16-11-29-19(31-20(16)32-8-5-14(10-28)13-32)15-3-4-18(24)17(9-15)23(25,26)27/h1,3-4,9,11,14H,5-8,10,12-13,28H2,(H,30,33). The monoisotopic (exact) mass is 477 g/mol. The van der Waals surface area contributed by atoms with Crippen LogP contribution >= 0.6 is 11.6 Å². The molecule has 2 aliphatic rings. The molecule has 1 unspecified atom stereocenters. The summed E-state index contributed by atoms with van der Waals surface area (Å²) in [6.45, 7) is 2.05. The average Bonchev–Trinajstić information content (AvgIpc) is 3.46. The van der Waals surface area contributed by atoms with E-state index in [-0.39, 0.29) is 29.8 Å². The van der Waals surface area contributed by atoms with Crippen molar-refractivity contribution in [3.63, 3.8) is 0 Å². The van der Waals surface area contributed by atoms with Crippen LogP contribution in [0.1, 0.15) is 30.4 Å². The van der Waals surface area contributed by atoms with Gasteiger partial charge in [0.1, 0.15) is 11.2 Å². The molecule has 2 fully saturated rings. The second-order valence-electron chi connectivity index (χ2n) is 8.48. The molecule has 1 atom stereocenters. The fraction of sp³-hybridized carbons (Fsp3) is 0.435. The molecule has 1 aliphatic carbocycles. The Bertz CT molecular complexity index is 1110. The summed E-state index contributed by atoms with van der Waals surface area (Å²) >= 11 is 5.75. The van der Waals surface area contributed by atoms with E-state index in [0.717, 1.165) is 12.5 Å². The first-order valence-electron chi connectivity index (χ1n) is 10.6. The first-order valence-corrected chi connectivity index (χ1v) is 11.0. The number of alkyl halides is 3. The molecule has 1 aromatic carbocycles. The van der Waals surface area contributed by atoms with Gasteiger partial charge in [-0.15, -0.1) is 6.42 Å². The molecule has 0 spiro atoms. The number of hydrogen-bond acceptors (Lipinski definition) is 5. The van der Waals surface area contributed by atoms with Gasteiger partial charge in [-0.25, -0.2) is 9.97 Å². The molecule has 0 radical (unpaired) electrons. The Morgan fingerprint density at radius 3 is 2.76 bits per heavy atom. The third-order valence-corrected chi connectivity index (χ3v) is 6.52. The molecule has 2 aromatic rings. The Morgan fingerprint density at radius 2 is 2.15 bits per heavy atom. The molecule has 10 heteroatoms. The van der Waals surface area contributed by atoms with Gasteiger partial charge in [0, 0.05) is 37.0 Å². The topological polar surface area (TPSA) is 84.1 Å². The van der Waals surface area contributed by atoms with Crippen molar-refractivity contribution in [2.24, 2.45) is 17.1 Å². The van der Waals surface area contributed by atoms with Crippen molar-refractivity contribution in [1.82, 2.24) is 15.3 Å². The predicted molar refractivity (Wildman–Crippen MR) is 119 cm³/mol. The van der Waals surface area contributed by atoms with Crippen molar-refractivity contribution in [3.05, 3.63) is 40.5 Å². The van der Waals surface area contributed by atoms with E-state index < -0.39 is 22.2 Å². The Hall–Kier alpha value is -2.83. The van der Waals surface area contributed by atoms with Crippen LogP contribution in [0.4, 0.5) is 19.0 Å². The molecular weight excluding hydrogens is 455 g/mol. The van der Waals surface area contributed by atoms with Gasteiger partial charge >= 0.3 is 6.18 Å². The molecule has 1 aliphatic heterocycles. The maximum Gasteiger partial charge on any atom is 0.417 e. The van der Waals surface area contributed by atoms with Crippen LogP contribution < -0.4 is 16.0 Å². The minimum atomic E-state index is -4.60. The lowest BCUT2D eigenvalue weighted by atomic mass is 10.1. The lowest BCUT2D eigenvalue weighted by Gasteiger charge is -2.22. The number of nitrogens with zero attached hydrogens (tertiary/aromatic N) is 3. The molecule has 1 saturated heterocycles. The van der Waals surface area contributed by atoms with Gasteiger partial charge in [0.15, 0.2) is 5.82 Å². The lowest BCUT2D eigenvalue weighted by molar-refractivity contribution is -0.137. The molecule has 1 saturated carbocycles. The zero-order valence-corrected chi connectivity index (χ0v) is 18.5. The average molecular weight is 478 g/mol. The highest BCUT2D eigenvalue weighted by Gasteiger charge is 2.48. The van der Waals surface area contributed by atoms with Crippen LogP contribution in [-0.4, -0.2) is 35.5 Å². The van der Waals surface area contributed by atoms with Gasteiger partial charge < -0.3 is 16.0 Å². The molecule has 1 amide bonds. The highest BCUT2D eigenvalue weighted by molar-refractivity contribution is 6.31. The third-order valence-electron chi connectivity index (χ3n) is 6.19. The van der Waals surface area contributed by atoms with Gasteiger partial charge in [-0.2, -0.15) is 13.2 Å². The van der Waals surface area contributed by atoms with Gasteiger partial charge in [0.05, 0.1) is 10.6 Å². The normalized spacial score (nSPS) is 19.3. The summed E-state index contributed by atoms with van der Waals surface area (Å²) in [7, 11) is 0. The number of amides is 1. The third kappa shape index (κ3) is 4.77. The molecule has 2 heterocycles. The van der Waals surface area contributed by atoms with Gasteiger partial charge in [0.25, 0.3) is 0 Å². The fourth-order valence-corrected chi connectivity index (χ4v) is 4.17. The van der Waals surface area contributed by atoms with Crippen LogP contribution in [0.3, 0.4) is 0 Å². The SMILES string of the molecule is C#CC1(C(=O)NCc2cnc(-c3ccc(Cl)c(C(F)(F)F)c3)nc2N2CCC(CN)C2)CC1. The fourth-order valence-electron chi connectivity index (χ4n) is 3.94. The number of anilines is 1. The van der Waals surface area contributed by atoms with Gasteiger partial charge in [-0.05, 0) is 49.9 Å². The van der Waals surface area contributed by atoms with E-state index in [1.807, 2.05) is 4.90 Å². The summed E-state index contributed by atoms with van der Waals surface area (Å²) < 4.78 is 40.0. The number of benzene rings is 1. The van der Waals surface area contributed by atoms with Crippen LogP contribution in [0.2, 0.25) is 5.02 Å². The zero-order chi connectivity index (χ0) is 23.8. The van der Waals surface area contributed by atoms with Crippen LogP contribution in [0.5, 0.6) is 0 Å². The number of hydrogen-bond donors (Lipinski definition) is 2. The maximum atomic E-state index is 13.3. The van der Waals surface area contributed by atoms with E-state index in [9.17, 15) is 18.0 Å². The lowest BCUT2D eigenvalue weighted by Crippen LogP contribution is -2.32. The second kappa shape index (κ2) is 8.84. The van der Waals surface area contributed by atoms with Crippen molar-refractivity contribution >= 4 is 23.3 Å². The minimum Gasteiger partial charge on any atom is -0.356 e. The molecular formula is C23H23ClF3N5O. The van der Waals surface area contributed by atoms with E-state index in [4.69, 9.17) is 23.8 Å². The van der Waals surface area contributed by atoms with Crippen LogP contribution in [0.25, 0.3) is 11.4 Å². The molecule has 33 heavy (non-hydrogen) atoms. The van der Waals surface area contributed by atoms with E-state index >= 15 is 0 Å². The summed E-state index contributed by atoms with van der Waals surface area (Å²) in [5.41, 5.74) is 4.98. The first-order chi connectivity index (χ1) is 15.7. The number of carbonyl (C=O) groups excluding carboxylic acids is 1. The molecule has 174 valence electrons. The predicted octanol–water partition coefficient (Wildman–Crippen LogP) is 3.63. The highest BCUT2D eigenvalue weighted by atomic mass is 35.5. The van der Waals surface area contributed by atoms with Gasteiger partial charge in [-0.3, -0.25) is 4.79 Å². The molecule has 0 bridgehead atoms. The van der Waals surface area contributed by atoms with E-state index in [1.54, 1.807) is 0 Å². The Labute approximate surface area is 194 Å². The van der Waals surface area contributed by atoms with Crippen molar-refractivity contribution in [3.8, 4) is 23.7 Å². The smallest absolute Gasteiger partial charge is 0.356 e. The number of nitrogens with one attached hydrogen (secondary N) is 1. The number of aromatic nitrogens is 2. The van der Waals surface area contributed by atoms with Gasteiger partial charge in [0.2, 0.25) is 5.91 Å². The Morgan fingerprint density at radius 1 is 1.39 bits per heavy atom. The molecule has 4 rings (SSSR count). The largest absolute Gasteiger partial charge is 0.417 e. The Kier molecular flexibility index (Phi) is 6.25. The number of terminal acetylenes is 1. The second-order valence-corrected chi connectivity index (χ2v) is 8.89. The maximum absolute atomic E-state index is 13.3. The van der Waals surface area contributed by atoms with E-state index in [1.165, 1.54) is 18.3 Å². The van der Waals surface area contributed by atoms with Crippen molar-refractivity contribution < 1.29 is 18.0 Å². The zero-order valence-electron chi connectivity index (χ0n) is 17.8. The number of carbonyl (C=O) groups is 1. The van der Waals surface area contributed by atoms with E-state index in [2.05, 4.69) is 21.2 Å². The van der Waals surface area contributed by atoms with Crippen LogP contribution in [-0.2, 0) is 17.5 Å². The minimum absolute atomic E-state index is 0.140. The first kappa shape index (κ1) is 23.3. The number of halogens is 4. The Balaban J connectivity index is 1.66. The summed E-state index contributed by atoms with van der Waals surface area (Å²) in [4.78, 5) is 23.4. The number of rotatable bonds is 6. The quantitative estimate of drug-likeness (QED) is 0.621. The highest BCUT2D eigenvalue weighted by Crippen LogP contribution is 2.45. The molecule has 6 nitrogen and oxygen atoms in total. The van der Waals surface area contributed by atoms with Crippen LogP contribution in [0, 0.1) is 23.7 Å². The molecule has 3 N–H and O–H groups in total. The summed E-state index contributed by atoms with van der Waals surface area (Å²) in [6.07, 6.45) is 4.61. The summed E-state index contributed by atoms with van der Waals surface area (Å²) in [5.74, 6) is 3.33. The van der Waals surface area contributed by atoms with Crippen LogP contribution in [0.15, 0.2) is 24.4 Å².